The summed E-state index contributed by atoms with van der Waals surface area (Å²) in [6.07, 6.45) is 2.12. The van der Waals surface area contributed by atoms with Gasteiger partial charge in [0, 0.05) is 6.42 Å². The third-order valence-corrected chi connectivity index (χ3v) is 5.77. The number of furan rings is 1. The Morgan fingerprint density at radius 1 is 1.06 bits per heavy atom. The molecule has 160 valence electrons. The monoisotopic (exact) mass is 426 g/mol. The molecule has 0 saturated heterocycles. The van der Waals surface area contributed by atoms with Crippen molar-refractivity contribution >= 4 is 22.5 Å². The Labute approximate surface area is 184 Å². The summed E-state index contributed by atoms with van der Waals surface area (Å²) in [6, 6.07) is 18.5. The molecule has 7 heteroatoms. The summed E-state index contributed by atoms with van der Waals surface area (Å²) in [5.41, 5.74) is 3.30. The van der Waals surface area contributed by atoms with Gasteiger partial charge >= 0.3 is 0 Å². The molecule has 2 aromatic carbocycles. The molecule has 1 atom stereocenters. The Kier molecular flexibility index (Phi) is 4.93. The van der Waals surface area contributed by atoms with Crippen LogP contribution in [0, 0.1) is 13.8 Å². The molecule has 0 fully saturated rings. The zero-order valence-corrected chi connectivity index (χ0v) is 17.9. The molecule has 7 nitrogen and oxygen atoms in total. The van der Waals surface area contributed by atoms with Crippen molar-refractivity contribution < 1.29 is 9.21 Å². The Morgan fingerprint density at radius 3 is 2.59 bits per heavy atom. The van der Waals surface area contributed by atoms with E-state index >= 15 is 0 Å². The van der Waals surface area contributed by atoms with Crippen LogP contribution in [0.2, 0.25) is 0 Å². The molecule has 1 aliphatic rings. The second kappa shape index (κ2) is 7.92. The standard InChI is InChI=1S/C25H22N4O3/c1-16-9-11-18(12-10-16)21-14-22(23-8-5-13-32-23)29(27-21)24(30)15-28-17(2)26-20-7-4-3-6-19(20)25(28)31/h3-13,22H,14-15H2,1-2H3/t22-/m1/s1. The van der Waals surface area contributed by atoms with Gasteiger partial charge in [-0.1, -0.05) is 42.0 Å². The Balaban J connectivity index is 1.51. The largest absolute Gasteiger partial charge is 0.467 e. The van der Waals surface area contributed by atoms with Gasteiger partial charge < -0.3 is 4.42 Å². The molecule has 32 heavy (non-hydrogen) atoms. The first-order valence-electron chi connectivity index (χ1n) is 10.5. The molecule has 1 amide bonds. The highest BCUT2D eigenvalue weighted by Gasteiger charge is 2.35. The van der Waals surface area contributed by atoms with Crippen LogP contribution >= 0.6 is 0 Å². The van der Waals surface area contributed by atoms with Crippen LogP contribution in [0.3, 0.4) is 0 Å². The number of aromatic nitrogens is 2. The Morgan fingerprint density at radius 2 is 1.84 bits per heavy atom. The van der Waals surface area contributed by atoms with E-state index in [0.717, 1.165) is 16.8 Å². The molecule has 0 unspecified atom stereocenters. The van der Waals surface area contributed by atoms with Crippen LogP contribution in [0.5, 0.6) is 0 Å². The third-order valence-electron chi connectivity index (χ3n) is 5.77. The number of fused-ring (bicyclic) bond motifs is 1. The van der Waals surface area contributed by atoms with Crippen molar-refractivity contribution in [2.24, 2.45) is 5.10 Å². The normalized spacial score (nSPS) is 15.9. The molecular formula is C25H22N4O3. The molecule has 0 N–H and O–H groups in total. The fourth-order valence-electron chi connectivity index (χ4n) is 4.04. The van der Waals surface area contributed by atoms with Gasteiger partial charge in [-0.25, -0.2) is 9.99 Å². The lowest BCUT2D eigenvalue weighted by molar-refractivity contribution is -0.134. The van der Waals surface area contributed by atoms with E-state index in [0.29, 0.717) is 28.9 Å². The molecule has 0 saturated carbocycles. The predicted octanol–water partition coefficient (Wildman–Crippen LogP) is 3.98. The van der Waals surface area contributed by atoms with Crippen LogP contribution in [-0.2, 0) is 11.3 Å². The molecular weight excluding hydrogens is 404 g/mol. The quantitative estimate of drug-likeness (QED) is 0.494. The highest BCUT2D eigenvalue weighted by Crippen LogP contribution is 2.33. The van der Waals surface area contributed by atoms with E-state index in [1.54, 1.807) is 37.5 Å². The van der Waals surface area contributed by atoms with Gasteiger partial charge in [0.2, 0.25) is 0 Å². The van der Waals surface area contributed by atoms with Gasteiger partial charge in [0.1, 0.15) is 24.2 Å². The molecule has 0 spiro atoms. The number of nitrogens with zero attached hydrogens (tertiary/aromatic N) is 4. The number of amides is 1. The second-order valence-corrected chi connectivity index (χ2v) is 7.95. The highest BCUT2D eigenvalue weighted by atomic mass is 16.3. The lowest BCUT2D eigenvalue weighted by atomic mass is 10.0. The number of rotatable bonds is 4. The van der Waals surface area contributed by atoms with Crippen LogP contribution in [0.25, 0.3) is 10.9 Å². The van der Waals surface area contributed by atoms with Crippen LogP contribution in [0.4, 0.5) is 0 Å². The summed E-state index contributed by atoms with van der Waals surface area (Å²) in [7, 11) is 0. The topological polar surface area (TPSA) is 80.7 Å². The van der Waals surface area contributed by atoms with Crippen molar-refractivity contribution in [3.05, 3.63) is 100.0 Å². The van der Waals surface area contributed by atoms with Crippen molar-refractivity contribution in [3.8, 4) is 0 Å². The molecule has 0 radical (unpaired) electrons. The number of hydrogen-bond donors (Lipinski definition) is 0. The number of carbonyl (C=O) groups excluding carboxylic acids is 1. The minimum atomic E-state index is -0.363. The lowest BCUT2D eigenvalue weighted by Gasteiger charge is -2.21. The fraction of sp³-hybridized carbons (Fsp3) is 0.200. The molecule has 1 aliphatic heterocycles. The first kappa shape index (κ1) is 19.9. The van der Waals surface area contributed by atoms with Crippen LogP contribution in [0.15, 0.2) is 81.2 Å². The zero-order chi connectivity index (χ0) is 22.2. The van der Waals surface area contributed by atoms with E-state index in [-0.39, 0.29) is 24.1 Å². The van der Waals surface area contributed by atoms with E-state index in [1.807, 2.05) is 43.3 Å². The Bertz CT molecular complexity index is 1390. The summed E-state index contributed by atoms with van der Waals surface area (Å²) in [4.78, 5) is 30.9. The molecule has 3 heterocycles. The number of benzene rings is 2. The first-order chi connectivity index (χ1) is 15.5. The maximum Gasteiger partial charge on any atom is 0.263 e. The SMILES string of the molecule is Cc1ccc(C2=NN(C(=O)Cn3c(C)nc4ccccc4c3=O)[C@@H](c3ccco3)C2)cc1. The maximum absolute atomic E-state index is 13.4. The van der Waals surface area contributed by atoms with Crippen molar-refractivity contribution in [1.82, 2.24) is 14.6 Å². The van der Waals surface area contributed by atoms with E-state index in [9.17, 15) is 9.59 Å². The highest BCUT2D eigenvalue weighted by molar-refractivity contribution is 6.03. The van der Waals surface area contributed by atoms with Gasteiger partial charge in [-0.15, -0.1) is 0 Å². The number of carbonyl (C=O) groups is 1. The lowest BCUT2D eigenvalue weighted by Crippen LogP contribution is -2.35. The van der Waals surface area contributed by atoms with E-state index in [4.69, 9.17) is 4.42 Å². The summed E-state index contributed by atoms with van der Waals surface area (Å²) >= 11 is 0. The fourth-order valence-corrected chi connectivity index (χ4v) is 4.04. The molecule has 0 bridgehead atoms. The molecule has 0 aliphatic carbocycles. The summed E-state index contributed by atoms with van der Waals surface area (Å²) in [5.74, 6) is 0.847. The van der Waals surface area contributed by atoms with Gasteiger partial charge in [-0.05, 0) is 43.7 Å². The van der Waals surface area contributed by atoms with Crippen LogP contribution in [-0.4, -0.2) is 26.2 Å². The van der Waals surface area contributed by atoms with Crippen molar-refractivity contribution in [2.75, 3.05) is 0 Å². The van der Waals surface area contributed by atoms with Gasteiger partial charge in [0.05, 0.1) is 22.9 Å². The summed E-state index contributed by atoms with van der Waals surface area (Å²) < 4.78 is 7.01. The maximum atomic E-state index is 13.4. The molecule has 5 rings (SSSR count). The number of hydrogen-bond acceptors (Lipinski definition) is 5. The van der Waals surface area contributed by atoms with Crippen LogP contribution < -0.4 is 5.56 Å². The zero-order valence-electron chi connectivity index (χ0n) is 17.9. The third kappa shape index (κ3) is 3.51. The minimum Gasteiger partial charge on any atom is -0.467 e. The molecule has 4 aromatic rings. The van der Waals surface area contributed by atoms with Gasteiger partial charge in [0.15, 0.2) is 0 Å². The van der Waals surface area contributed by atoms with Gasteiger partial charge in [-0.2, -0.15) is 5.10 Å². The average molecular weight is 426 g/mol. The van der Waals surface area contributed by atoms with Crippen LogP contribution in [0.1, 0.15) is 35.2 Å². The first-order valence-corrected chi connectivity index (χ1v) is 10.5. The average Bonchev–Trinajstić information content (AvgIpc) is 3.47. The summed E-state index contributed by atoms with van der Waals surface area (Å²) in [5, 5.41) is 6.57. The van der Waals surface area contributed by atoms with Gasteiger partial charge in [0.25, 0.3) is 11.5 Å². The predicted molar refractivity (Wildman–Crippen MR) is 121 cm³/mol. The Hall–Kier alpha value is -4.00. The van der Waals surface area contributed by atoms with Crippen molar-refractivity contribution in [2.45, 2.75) is 32.9 Å². The van der Waals surface area contributed by atoms with E-state index in [1.165, 1.54) is 9.58 Å². The van der Waals surface area contributed by atoms with E-state index in [2.05, 4.69) is 10.1 Å². The number of hydrazone groups is 1. The second-order valence-electron chi connectivity index (χ2n) is 7.95. The van der Waals surface area contributed by atoms with Crippen molar-refractivity contribution in [3.63, 3.8) is 0 Å². The van der Waals surface area contributed by atoms with E-state index < -0.39 is 0 Å². The molecule has 2 aromatic heterocycles. The number of aryl methyl sites for hydroxylation is 2. The number of para-hydroxylation sites is 1. The smallest absolute Gasteiger partial charge is 0.263 e. The summed E-state index contributed by atoms with van der Waals surface area (Å²) in [6.45, 7) is 3.61. The van der Waals surface area contributed by atoms with Crippen molar-refractivity contribution in [1.29, 1.82) is 0 Å². The minimum absolute atomic E-state index is 0.148. The van der Waals surface area contributed by atoms with Gasteiger partial charge in [-0.3, -0.25) is 14.2 Å².